The highest BCUT2D eigenvalue weighted by Crippen LogP contribution is 2.39. The topological polar surface area (TPSA) is 87.2 Å². The van der Waals surface area contributed by atoms with Crippen LogP contribution in [0.25, 0.3) is 0 Å². The Labute approximate surface area is 194 Å². The van der Waals surface area contributed by atoms with E-state index < -0.39 is 12.2 Å². The number of fused-ring (bicyclic) bond motifs is 1. The van der Waals surface area contributed by atoms with Crippen LogP contribution in [0.1, 0.15) is 37.8 Å². The van der Waals surface area contributed by atoms with Gasteiger partial charge in [-0.15, -0.1) is 0 Å². The molecule has 0 bridgehead atoms. The van der Waals surface area contributed by atoms with Crippen LogP contribution in [0.3, 0.4) is 0 Å². The third-order valence-corrected chi connectivity index (χ3v) is 5.96. The van der Waals surface area contributed by atoms with Gasteiger partial charge in [0.15, 0.2) is 0 Å². The second-order valence-electron chi connectivity index (χ2n) is 8.78. The van der Waals surface area contributed by atoms with Crippen LogP contribution in [0.15, 0.2) is 42.7 Å². The van der Waals surface area contributed by atoms with Gasteiger partial charge in [0.05, 0.1) is 37.2 Å². The summed E-state index contributed by atoms with van der Waals surface area (Å²) in [6.07, 6.45) is 2.50. The molecule has 2 atom stereocenters. The number of nitrogens with one attached hydrogen (secondary N) is 1. The number of methoxy groups -OCH3 is 1. The monoisotopic (exact) mass is 453 g/mol. The summed E-state index contributed by atoms with van der Waals surface area (Å²) in [5.41, 5.74) is 7.05. The molecule has 1 fully saturated rings. The van der Waals surface area contributed by atoms with Crippen LogP contribution >= 0.6 is 0 Å². The number of hydrogen-bond donors (Lipinski definition) is 1. The summed E-state index contributed by atoms with van der Waals surface area (Å²) in [7, 11) is 1.37. The summed E-state index contributed by atoms with van der Waals surface area (Å²) in [5.74, 6) is 0.242. The van der Waals surface area contributed by atoms with Crippen molar-refractivity contribution in [2.75, 3.05) is 36.5 Å². The van der Waals surface area contributed by atoms with Crippen LogP contribution in [0.2, 0.25) is 0 Å². The minimum atomic E-state index is -0.445. The zero-order valence-electron chi connectivity index (χ0n) is 19.5. The molecule has 3 heterocycles. The van der Waals surface area contributed by atoms with Gasteiger partial charge in [0.25, 0.3) is 0 Å². The summed E-state index contributed by atoms with van der Waals surface area (Å²) < 4.78 is 10.5. The molecule has 1 N–H and O–H groups in total. The molecular weight excluding hydrogens is 422 g/mol. The molecular formula is C24H31N5O4. The van der Waals surface area contributed by atoms with Crippen molar-refractivity contribution in [3.8, 4) is 0 Å². The summed E-state index contributed by atoms with van der Waals surface area (Å²) in [6.45, 7) is 8.27. The number of nitrogens with zero attached hydrogens (tertiary/aromatic N) is 4. The van der Waals surface area contributed by atoms with Crippen LogP contribution in [-0.4, -0.2) is 61.1 Å². The molecule has 1 aromatic carbocycles. The average Bonchev–Trinajstić information content (AvgIpc) is 3.26. The number of carbonyl (C=O) groups excluding carboxylic acids is 2. The lowest BCUT2D eigenvalue weighted by Gasteiger charge is -2.40. The van der Waals surface area contributed by atoms with Gasteiger partial charge in [-0.1, -0.05) is 6.07 Å². The van der Waals surface area contributed by atoms with Crippen molar-refractivity contribution in [2.24, 2.45) is 0 Å². The first-order chi connectivity index (χ1) is 15.9. The maximum Gasteiger partial charge on any atom is 0.414 e. The van der Waals surface area contributed by atoms with E-state index in [9.17, 15) is 9.59 Å². The third kappa shape index (κ3) is 4.94. The number of aromatic nitrogens is 1. The van der Waals surface area contributed by atoms with Crippen molar-refractivity contribution in [2.45, 2.75) is 45.4 Å². The zero-order chi connectivity index (χ0) is 23.5. The molecule has 2 aliphatic heterocycles. The molecule has 9 heteroatoms. The lowest BCUT2D eigenvalue weighted by Crippen LogP contribution is -2.52. The van der Waals surface area contributed by atoms with E-state index >= 15 is 0 Å². The number of anilines is 2. The highest BCUT2D eigenvalue weighted by Gasteiger charge is 2.37. The summed E-state index contributed by atoms with van der Waals surface area (Å²) >= 11 is 0. The number of hydrazine groups is 1. The van der Waals surface area contributed by atoms with Gasteiger partial charge in [0.2, 0.25) is 0 Å². The van der Waals surface area contributed by atoms with E-state index in [2.05, 4.69) is 15.4 Å². The molecule has 176 valence electrons. The van der Waals surface area contributed by atoms with Crippen LogP contribution in [0.4, 0.5) is 21.0 Å². The van der Waals surface area contributed by atoms with Gasteiger partial charge in [-0.05, 0) is 56.2 Å². The molecule has 9 nitrogen and oxygen atoms in total. The highest BCUT2D eigenvalue weighted by molar-refractivity contribution is 6.00. The van der Waals surface area contributed by atoms with Gasteiger partial charge >= 0.3 is 12.2 Å². The summed E-state index contributed by atoms with van der Waals surface area (Å²) in [4.78, 5) is 32.7. The Kier molecular flexibility index (Phi) is 6.80. The van der Waals surface area contributed by atoms with E-state index in [1.54, 1.807) is 22.2 Å². The lowest BCUT2D eigenvalue weighted by atomic mass is 9.97. The van der Waals surface area contributed by atoms with Crippen molar-refractivity contribution in [3.05, 3.63) is 53.9 Å². The van der Waals surface area contributed by atoms with Crippen LogP contribution in [-0.2, 0) is 16.0 Å². The molecule has 0 radical (unpaired) electrons. The van der Waals surface area contributed by atoms with Crippen molar-refractivity contribution in [1.29, 1.82) is 0 Å². The Balaban J connectivity index is 1.60. The standard InChI is InChI=1S/C24H31N5O4/c1-16(2)33-23(30)28-13-17(3)29(24(31)32-4)21-6-5-19(11-22(21)28)20-12-26-27(15-20)14-18-7-9-25-10-8-18/h5-11,16-17,20,26H,12-15H2,1-4H3/t17-,20?/m0/s1. The SMILES string of the molecule is COC(=O)N1c2ccc(C3CNN(Cc4ccncc4)C3)cc2N(C(=O)OC(C)C)C[C@@H]1C. The lowest BCUT2D eigenvalue weighted by molar-refractivity contribution is 0.121. The molecule has 0 saturated carbocycles. The predicted octanol–water partition coefficient (Wildman–Crippen LogP) is 3.51. The molecule has 1 saturated heterocycles. The molecule has 1 aromatic heterocycles. The van der Waals surface area contributed by atoms with Crippen molar-refractivity contribution in [1.82, 2.24) is 15.4 Å². The number of rotatable bonds is 4. The van der Waals surface area contributed by atoms with E-state index in [4.69, 9.17) is 9.47 Å². The van der Waals surface area contributed by atoms with Gasteiger partial charge in [-0.3, -0.25) is 20.2 Å². The van der Waals surface area contributed by atoms with Crippen LogP contribution < -0.4 is 15.2 Å². The molecule has 4 rings (SSSR count). The molecule has 0 spiro atoms. The molecule has 2 amide bonds. The Hall–Kier alpha value is -3.17. The minimum absolute atomic E-state index is 0.237. The summed E-state index contributed by atoms with van der Waals surface area (Å²) in [6, 6.07) is 9.70. The average molecular weight is 454 g/mol. The Morgan fingerprint density at radius 3 is 2.58 bits per heavy atom. The van der Waals surface area contributed by atoms with Crippen LogP contribution in [0, 0.1) is 0 Å². The van der Waals surface area contributed by atoms with Gasteiger partial charge in [0, 0.05) is 37.9 Å². The molecule has 2 aliphatic rings. The quantitative estimate of drug-likeness (QED) is 0.758. The molecule has 2 aromatic rings. The van der Waals surface area contributed by atoms with Gasteiger partial charge in [0.1, 0.15) is 0 Å². The number of ether oxygens (including phenoxy) is 2. The van der Waals surface area contributed by atoms with Gasteiger partial charge in [-0.2, -0.15) is 0 Å². The van der Waals surface area contributed by atoms with E-state index in [-0.39, 0.29) is 18.1 Å². The smallest absolute Gasteiger partial charge is 0.414 e. The maximum atomic E-state index is 12.9. The van der Waals surface area contributed by atoms with Crippen molar-refractivity contribution >= 4 is 23.6 Å². The minimum Gasteiger partial charge on any atom is -0.452 e. The first-order valence-corrected chi connectivity index (χ1v) is 11.2. The molecule has 1 unspecified atom stereocenters. The Morgan fingerprint density at radius 2 is 1.88 bits per heavy atom. The zero-order valence-corrected chi connectivity index (χ0v) is 19.5. The number of amides is 2. The van der Waals surface area contributed by atoms with E-state index in [0.29, 0.717) is 17.9 Å². The predicted molar refractivity (Wildman–Crippen MR) is 125 cm³/mol. The fourth-order valence-corrected chi connectivity index (χ4v) is 4.40. The largest absolute Gasteiger partial charge is 0.452 e. The second kappa shape index (κ2) is 9.76. The fraction of sp³-hybridized carbons (Fsp3) is 0.458. The third-order valence-electron chi connectivity index (χ3n) is 5.96. The normalized spacial score (nSPS) is 20.6. The number of pyridine rings is 1. The first kappa shape index (κ1) is 23.0. The highest BCUT2D eigenvalue weighted by atomic mass is 16.6. The molecule has 0 aliphatic carbocycles. The number of benzene rings is 1. The Bertz CT molecular complexity index is 1000. The van der Waals surface area contributed by atoms with E-state index in [1.165, 1.54) is 12.7 Å². The van der Waals surface area contributed by atoms with Gasteiger partial charge in [-0.25, -0.2) is 14.6 Å². The number of carbonyl (C=O) groups is 2. The van der Waals surface area contributed by atoms with E-state index in [0.717, 1.165) is 25.2 Å². The summed E-state index contributed by atoms with van der Waals surface area (Å²) in [5, 5.41) is 2.19. The molecule has 33 heavy (non-hydrogen) atoms. The van der Waals surface area contributed by atoms with E-state index in [1.807, 2.05) is 51.1 Å². The second-order valence-corrected chi connectivity index (χ2v) is 8.78. The van der Waals surface area contributed by atoms with Crippen molar-refractivity contribution < 1.29 is 19.1 Å². The fourth-order valence-electron chi connectivity index (χ4n) is 4.40. The van der Waals surface area contributed by atoms with Crippen molar-refractivity contribution in [3.63, 3.8) is 0 Å². The first-order valence-electron chi connectivity index (χ1n) is 11.2. The van der Waals surface area contributed by atoms with Gasteiger partial charge < -0.3 is 9.47 Å². The maximum absolute atomic E-state index is 12.9. The Morgan fingerprint density at radius 1 is 1.12 bits per heavy atom. The van der Waals surface area contributed by atoms with Crippen LogP contribution in [0.5, 0.6) is 0 Å². The number of hydrogen-bond acceptors (Lipinski definition) is 7.